The Morgan fingerprint density at radius 3 is 2.33 bits per heavy atom. The summed E-state index contributed by atoms with van der Waals surface area (Å²) < 4.78 is 11.8. The van der Waals surface area contributed by atoms with E-state index < -0.39 is 6.30 Å². The van der Waals surface area contributed by atoms with Gasteiger partial charge in [-0.1, -0.05) is 0 Å². The predicted octanol–water partition coefficient (Wildman–Crippen LogP) is 0.618. The van der Waals surface area contributed by atoms with Crippen LogP contribution in [-0.4, -0.2) is 24.8 Å². The highest BCUT2D eigenvalue weighted by atomic mass is 19.1. The van der Waals surface area contributed by atoms with Crippen LogP contribution in [0.4, 0.5) is 4.39 Å². The topological polar surface area (TPSA) is 3.24 Å². The lowest BCUT2D eigenvalue weighted by Gasteiger charge is -2.30. The summed E-state index contributed by atoms with van der Waals surface area (Å²) in [7, 11) is 1.79. The number of alkyl halides is 1. The molecule has 1 unspecified atom stereocenters. The Bertz CT molecular complexity index is 47.5. The molecule has 1 aliphatic rings. The number of likely N-dealkylation sites (tertiary alicyclic amines) is 1. The first kappa shape index (κ1) is 4.06. The third kappa shape index (κ3) is 0.411. The molecule has 1 aliphatic heterocycles. The van der Waals surface area contributed by atoms with Crippen LogP contribution in [0.5, 0.6) is 0 Å². The van der Waals surface area contributed by atoms with Gasteiger partial charge in [0.2, 0.25) is 0 Å². The first-order valence-corrected chi connectivity index (χ1v) is 2.15. The first-order chi connectivity index (χ1) is 2.80. The molecule has 0 aliphatic carbocycles. The maximum Gasteiger partial charge on any atom is 0.154 e. The number of hydrogen-bond donors (Lipinski definition) is 0. The van der Waals surface area contributed by atoms with Crippen LogP contribution in [0.2, 0.25) is 0 Å². The van der Waals surface area contributed by atoms with Crippen molar-refractivity contribution in [1.82, 2.24) is 4.90 Å². The zero-order valence-corrected chi connectivity index (χ0v) is 3.82. The SMILES string of the molecule is CN1CCC1F. The monoisotopic (exact) mass is 89.1 g/mol. The molecule has 1 rings (SSSR count). The van der Waals surface area contributed by atoms with E-state index in [1.165, 1.54) is 0 Å². The van der Waals surface area contributed by atoms with E-state index in [2.05, 4.69) is 0 Å². The molecule has 2 heteroatoms. The average Bonchev–Trinajstić information content (AvgIpc) is 1.61. The van der Waals surface area contributed by atoms with Crippen molar-refractivity contribution >= 4 is 0 Å². The Balaban J connectivity index is 2.20. The predicted molar refractivity (Wildman–Crippen MR) is 22.1 cm³/mol. The summed E-state index contributed by atoms with van der Waals surface area (Å²) in [5, 5.41) is 0. The first-order valence-electron chi connectivity index (χ1n) is 2.15. The number of nitrogens with zero attached hydrogens (tertiary/aromatic N) is 1. The minimum Gasteiger partial charge on any atom is -0.277 e. The van der Waals surface area contributed by atoms with Gasteiger partial charge >= 0.3 is 0 Å². The van der Waals surface area contributed by atoms with Gasteiger partial charge in [0.05, 0.1) is 0 Å². The quantitative estimate of drug-likeness (QED) is 0.393. The molecule has 0 aromatic rings. The van der Waals surface area contributed by atoms with Crippen molar-refractivity contribution in [1.29, 1.82) is 0 Å². The second kappa shape index (κ2) is 1.19. The minimum absolute atomic E-state index is 0.634. The molecule has 1 saturated heterocycles. The van der Waals surface area contributed by atoms with Gasteiger partial charge in [0.15, 0.2) is 6.30 Å². The molecule has 0 amide bonds. The molecule has 0 N–H and O–H groups in total. The fourth-order valence-electron chi connectivity index (χ4n) is 0.485. The van der Waals surface area contributed by atoms with Gasteiger partial charge < -0.3 is 0 Å². The van der Waals surface area contributed by atoms with E-state index in [4.69, 9.17) is 0 Å². The molecular formula is C4H8FN. The minimum atomic E-state index is -0.634. The number of halogens is 1. The fraction of sp³-hybridized carbons (Fsp3) is 1.00. The summed E-state index contributed by atoms with van der Waals surface area (Å²) in [6, 6.07) is 0. The summed E-state index contributed by atoms with van der Waals surface area (Å²) in [4.78, 5) is 1.68. The third-order valence-corrected chi connectivity index (χ3v) is 1.20. The van der Waals surface area contributed by atoms with Crippen molar-refractivity contribution in [3.63, 3.8) is 0 Å². The van der Waals surface area contributed by atoms with E-state index in [0.717, 1.165) is 13.0 Å². The lowest BCUT2D eigenvalue weighted by molar-refractivity contribution is 0.0155. The zero-order chi connectivity index (χ0) is 4.57. The molecule has 1 fully saturated rings. The van der Waals surface area contributed by atoms with Crippen molar-refractivity contribution in [3.8, 4) is 0 Å². The van der Waals surface area contributed by atoms with E-state index in [0.29, 0.717) is 0 Å². The highest BCUT2D eigenvalue weighted by Crippen LogP contribution is 2.13. The average molecular weight is 89.1 g/mol. The third-order valence-electron chi connectivity index (χ3n) is 1.20. The van der Waals surface area contributed by atoms with Gasteiger partial charge in [0.25, 0.3) is 0 Å². The van der Waals surface area contributed by atoms with Crippen LogP contribution in [0.25, 0.3) is 0 Å². The van der Waals surface area contributed by atoms with Crippen molar-refractivity contribution in [2.24, 2.45) is 0 Å². The van der Waals surface area contributed by atoms with Gasteiger partial charge in [-0.3, -0.25) is 4.90 Å². The molecule has 1 atom stereocenters. The lowest BCUT2D eigenvalue weighted by Crippen LogP contribution is -2.40. The van der Waals surface area contributed by atoms with E-state index in [9.17, 15) is 4.39 Å². The van der Waals surface area contributed by atoms with Crippen molar-refractivity contribution < 1.29 is 4.39 Å². The summed E-state index contributed by atoms with van der Waals surface area (Å²) in [5.41, 5.74) is 0. The van der Waals surface area contributed by atoms with Gasteiger partial charge in [-0.05, 0) is 7.05 Å². The summed E-state index contributed by atoms with van der Waals surface area (Å²) in [5.74, 6) is 0. The van der Waals surface area contributed by atoms with Crippen LogP contribution in [0.1, 0.15) is 6.42 Å². The zero-order valence-electron chi connectivity index (χ0n) is 3.82. The molecule has 0 aromatic carbocycles. The molecule has 1 heterocycles. The standard InChI is InChI=1S/C4H8FN/c1-6-3-2-4(6)5/h4H,2-3H2,1H3. The van der Waals surface area contributed by atoms with Gasteiger partial charge in [-0.2, -0.15) is 0 Å². The fourth-order valence-corrected chi connectivity index (χ4v) is 0.485. The van der Waals surface area contributed by atoms with Crippen LogP contribution in [0, 0.1) is 0 Å². The van der Waals surface area contributed by atoms with E-state index in [1.54, 1.807) is 11.9 Å². The molecule has 0 radical (unpaired) electrons. The molecule has 0 bridgehead atoms. The lowest BCUT2D eigenvalue weighted by atomic mass is 10.2. The second-order valence-electron chi connectivity index (χ2n) is 1.70. The van der Waals surface area contributed by atoms with Crippen LogP contribution >= 0.6 is 0 Å². The van der Waals surface area contributed by atoms with Crippen LogP contribution in [-0.2, 0) is 0 Å². The highest BCUT2D eigenvalue weighted by molar-refractivity contribution is 4.68. The van der Waals surface area contributed by atoms with Crippen LogP contribution < -0.4 is 0 Å². The van der Waals surface area contributed by atoms with E-state index in [-0.39, 0.29) is 0 Å². The van der Waals surface area contributed by atoms with E-state index >= 15 is 0 Å². The smallest absolute Gasteiger partial charge is 0.154 e. The van der Waals surface area contributed by atoms with Crippen molar-refractivity contribution in [2.45, 2.75) is 12.7 Å². The van der Waals surface area contributed by atoms with Crippen molar-refractivity contribution in [3.05, 3.63) is 0 Å². The Hall–Kier alpha value is -0.110. The van der Waals surface area contributed by atoms with Gasteiger partial charge in [0, 0.05) is 13.0 Å². The molecule has 1 nitrogen and oxygen atoms in total. The molecule has 0 spiro atoms. The Kier molecular flexibility index (Phi) is 0.804. The van der Waals surface area contributed by atoms with Crippen LogP contribution in [0.3, 0.4) is 0 Å². The van der Waals surface area contributed by atoms with E-state index in [1.807, 2.05) is 0 Å². The Labute approximate surface area is 36.8 Å². The number of hydrogen-bond acceptors (Lipinski definition) is 1. The van der Waals surface area contributed by atoms with Crippen molar-refractivity contribution in [2.75, 3.05) is 13.6 Å². The van der Waals surface area contributed by atoms with Crippen LogP contribution in [0.15, 0.2) is 0 Å². The highest BCUT2D eigenvalue weighted by Gasteiger charge is 2.21. The van der Waals surface area contributed by atoms with Gasteiger partial charge in [-0.15, -0.1) is 0 Å². The summed E-state index contributed by atoms with van der Waals surface area (Å²) in [6.45, 7) is 0.932. The van der Waals surface area contributed by atoms with Gasteiger partial charge in [-0.25, -0.2) is 4.39 Å². The maximum atomic E-state index is 11.8. The summed E-state index contributed by atoms with van der Waals surface area (Å²) in [6.07, 6.45) is 0.0984. The van der Waals surface area contributed by atoms with Gasteiger partial charge in [0.1, 0.15) is 0 Å². The molecular weight excluding hydrogens is 81.0 g/mol. The maximum absolute atomic E-state index is 11.8. The number of rotatable bonds is 0. The molecule has 0 saturated carbocycles. The Morgan fingerprint density at radius 2 is 2.33 bits per heavy atom. The molecule has 0 aromatic heterocycles. The largest absolute Gasteiger partial charge is 0.277 e. The molecule has 36 valence electrons. The normalized spacial score (nSPS) is 36.0. The second-order valence-corrected chi connectivity index (χ2v) is 1.70. The Morgan fingerprint density at radius 1 is 1.83 bits per heavy atom. The summed E-state index contributed by atoms with van der Waals surface area (Å²) >= 11 is 0. The molecule has 6 heavy (non-hydrogen) atoms.